The van der Waals surface area contributed by atoms with Crippen molar-refractivity contribution in [2.45, 2.75) is 57.4 Å². The number of carbonyl (C=O) groups is 1. The second-order valence-corrected chi connectivity index (χ2v) is 5.24. The minimum Gasteiger partial charge on any atom is -0.352 e. The normalized spacial score (nSPS) is 28.4. The Labute approximate surface area is 98.4 Å². The first-order chi connectivity index (χ1) is 7.86. The van der Waals surface area contributed by atoms with Crippen LogP contribution >= 0.6 is 0 Å². The van der Waals surface area contributed by atoms with Crippen LogP contribution in [0.2, 0.25) is 0 Å². The lowest BCUT2D eigenvalue weighted by Crippen LogP contribution is -2.47. The molecule has 0 aromatic rings. The highest BCUT2D eigenvalue weighted by molar-refractivity contribution is 5.78. The molecule has 0 unspecified atom stereocenters. The summed E-state index contributed by atoms with van der Waals surface area (Å²) in [6, 6.07) is 0.379. The van der Waals surface area contributed by atoms with E-state index in [4.69, 9.17) is 0 Å². The van der Waals surface area contributed by atoms with Crippen LogP contribution < -0.4 is 10.6 Å². The van der Waals surface area contributed by atoms with E-state index in [1.165, 1.54) is 32.1 Å². The molecule has 2 aliphatic rings. The number of nitrogens with one attached hydrogen (secondary N) is 2. The van der Waals surface area contributed by atoms with E-state index in [0.29, 0.717) is 17.9 Å². The summed E-state index contributed by atoms with van der Waals surface area (Å²) in [5.74, 6) is 0.611. The summed E-state index contributed by atoms with van der Waals surface area (Å²) in [6.45, 7) is 2.06. The van der Waals surface area contributed by atoms with Crippen molar-refractivity contribution in [3.63, 3.8) is 0 Å². The number of carbonyl (C=O) groups excluding carboxylic acids is 1. The van der Waals surface area contributed by atoms with E-state index >= 15 is 0 Å². The fourth-order valence-corrected chi connectivity index (χ4v) is 2.84. The van der Waals surface area contributed by atoms with Crippen LogP contribution in [0.1, 0.15) is 51.4 Å². The first-order valence-corrected chi connectivity index (χ1v) is 6.87. The van der Waals surface area contributed by atoms with Gasteiger partial charge in [-0.1, -0.05) is 25.7 Å². The first kappa shape index (κ1) is 11.9. The number of hydrogen-bond acceptors (Lipinski definition) is 2. The van der Waals surface area contributed by atoms with E-state index in [0.717, 1.165) is 32.4 Å². The maximum atomic E-state index is 12.1. The Hall–Kier alpha value is -0.570. The van der Waals surface area contributed by atoms with Gasteiger partial charge in [0.05, 0.1) is 0 Å². The zero-order valence-electron chi connectivity index (χ0n) is 10.1. The maximum absolute atomic E-state index is 12.1. The van der Waals surface area contributed by atoms with Crippen molar-refractivity contribution in [3.05, 3.63) is 0 Å². The predicted molar refractivity (Wildman–Crippen MR) is 65.2 cm³/mol. The molecule has 3 nitrogen and oxygen atoms in total. The number of rotatable bonds is 2. The lowest BCUT2D eigenvalue weighted by atomic mass is 9.98. The number of hydrogen-bond donors (Lipinski definition) is 2. The van der Waals surface area contributed by atoms with E-state index < -0.39 is 0 Å². The minimum absolute atomic E-state index is 0.296. The molecule has 0 spiro atoms. The van der Waals surface area contributed by atoms with Gasteiger partial charge in [-0.05, 0) is 32.2 Å². The van der Waals surface area contributed by atoms with Crippen molar-refractivity contribution in [1.29, 1.82) is 0 Å². The summed E-state index contributed by atoms with van der Waals surface area (Å²) in [7, 11) is 0. The van der Waals surface area contributed by atoms with Crippen LogP contribution in [0.25, 0.3) is 0 Å². The van der Waals surface area contributed by atoms with Gasteiger partial charge in [-0.25, -0.2) is 0 Å². The summed E-state index contributed by atoms with van der Waals surface area (Å²) < 4.78 is 0. The average molecular weight is 224 g/mol. The van der Waals surface area contributed by atoms with Crippen molar-refractivity contribution in [2.75, 3.05) is 13.1 Å². The molecule has 0 bridgehead atoms. The predicted octanol–water partition coefficient (Wildman–Crippen LogP) is 1.82. The Kier molecular flexibility index (Phi) is 4.64. The van der Waals surface area contributed by atoms with Gasteiger partial charge in [0.15, 0.2) is 0 Å². The van der Waals surface area contributed by atoms with Gasteiger partial charge < -0.3 is 10.6 Å². The molecule has 2 fully saturated rings. The fourth-order valence-electron chi connectivity index (χ4n) is 2.84. The van der Waals surface area contributed by atoms with E-state index in [2.05, 4.69) is 10.6 Å². The van der Waals surface area contributed by atoms with Crippen LogP contribution in [-0.2, 0) is 4.79 Å². The molecule has 1 saturated carbocycles. The van der Waals surface area contributed by atoms with Crippen LogP contribution in [0.5, 0.6) is 0 Å². The van der Waals surface area contributed by atoms with Gasteiger partial charge in [-0.2, -0.15) is 0 Å². The SMILES string of the molecule is O=C(N[C@@H]1CCCNC1)C1CCCCCC1. The summed E-state index contributed by atoms with van der Waals surface area (Å²) in [6.07, 6.45) is 9.64. The third-order valence-electron chi connectivity index (χ3n) is 3.87. The van der Waals surface area contributed by atoms with Crippen LogP contribution in [0.15, 0.2) is 0 Å². The Balaban J connectivity index is 1.76. The van der Waals surface area contributed by atoms with Gasteiger partial charge in [-0.15, -0.1) is 0 Å². The highest BCUT2D eigenvalue weighted by Gasteiger charge is 2.23. The Bertz CT molecular complexity index is 216. The molecule has 3 heteroatoms. The summed E-state index contributed by atoms with van der Waals surface area (Å²) in [4.78, 5) is 12.1. The van der Waals surface area contributed by atoms with Crippen molar-refractivity contribution in [3.8, 4) is 0 Å². The third-order valence-corrected chi connectivity index (χ3v) is 3.87. The molecule has 1 heterocycles. The molecule has 1 saturated heterocycles. The molecule has 2 rings (SSSR count). The average Bonchev–Trinajstić information content (AvgIpc) is 2.59. The quantitative estimate of drug-likeness (QED) is 0.703. The number of amides is 1. The molecule has 0 aromatic carbocycles. The smallest absolute Gasteiger partial charge is 0.223 e. The first-order valence-electron chi connectivity index (χ1n) is 6.87. The second kappa shape index (κ2) is 6.24. The van der Waals surface area contributed by atoms with Crippen LogP contribution in [-0.4, -0.2) is 25.0 Å². The standard InChI is InChI=1S/C13H24N2O/c16-13(11-6-3-1-2-4-7-11)15-12-8-5-9-14-10-12/h11-12,14H,1-10H2,(H,15,16)/t12-/m1/s1. The third kappa shape index (κ3) is 3.48. The zero-order chi connectivity index (χ0) is 11.2. The van der Waals surface area contributed by atoms with Crippen LogP contribution in [0, 0.1) is 5.92 Å². The highest BCUT2D eigenvalue weighted by Crippen LogP contribution is 2.23. The molecule has 92 valence electrons. The fraction of sp³-hybridized carbons (Fsp3) is 0.923. The van der Waals surface area contributed by atoms with Gasteiger partial charge >= 0.3 is 0 Å². The van der Waals surface area contributed by atoms with Crippen LogP contribution in [0.4, 0.5) is 0 Å². The highest BCUT2D eigenvalue weighted by atomic mass is 16.1. The lowest BCUT2D eigenvalue weighted by Gasteiger charge is -2.25. The van der Waals surface area contributed by atoms with E-state index in [1.807, 2.05) is 0 Å². The Morgan fingerprint density at radius 3 is 2.38 bits per heavy atom. The summed E-state index contributed by atoms with van der Waals surface area (Å²) >= 11 is 0. The lowest BCUT2D eigenvalue weighted by molar-refractivity contribution is -0.126. The summed E-state index contributed by atoms with van der Waals surface area (Å²) in [5, 5.41) is 6.56. The molecule has 0 radical (unpaired) electrons. The molecular weight excluding hydrogens is 200 g/mol. The van der Waals surface area contributed by atoms with Gasteiger partial charge in [0.1, 0.15) is 0 Å². The largest absolute Gasteiger partial charge is 0.352 e. The molecule has 0 aromatic heterocycles. The molecule has 1 amide bonds. The van der Waals surface area contributed by atoms with Crippen molar-refractivity contribution in [1.82, 2.24) is 10.6 Å². The van der Waals surface area contributed by atoms with Crippen molar-refractivity contribution in [2.24, 2.45) is 5.92 Å². The molecule has 16 heavy (non-hydrogen) atoms. The van der Waals surface area contributed by atoms with E-state index in [1.54, 1.807) is 0 Å². The topological polar surface area (TPSA) is 41.1 Å². The van der Waals surface area contributed by atoms with Gasteiger partial charge in [0, 0.05) is 18.5 Å². The molecule has 2 N–H and O–H groups in total. The zero-order valence-corrected chi connectivity index (χ0v) is 10.1. The molecular formula is C13H24N2O. The minimum atomic E-state index is 0.296. The molecule has 1 aliphatic carbocycles. The van der Waals surface area contributed by atoms with Gasteiger partial charge in [0.2, 0.25) is 5.91 Å². The van der Waals surface area contributed by atoms with Gasteiger partial charge in [0.25, 0.3) is 0 Å². The summed E-state index contributed by atoms with van der Waals surface area (Å²) in [5.41, 5.74) is 0. The Morgan fingerprint density at radius 2 is 1.75 bits per heavy atom. The molecule has 1 atom stereocenters. The van der Waals surface area contributed by atoms with Crippen molar-refractivity contribution >= 4 is 5.91 Å². The van der Waals surface area contributed by atoms with E-state index in [9.17, 15) is 4.79 Å². The monoisotopic (exact) mass is 224 g/mol. The molecule has 1 aliphatic heterocycles. The van der Waals surface area contributed by atoms with E-state index in [-0.39, 0.29) is 0 Å². The van der Waals surface area contributed by atoms with Crippen molar-refractivity contribution < 1.29 is 4.79 Å². The number of piperidine rings is 1. The van der Waals surface area contributed by atoms with Crippen LogP contribution in [0.3, 0.4) is 0 Å². The second-order valence-electron chi connectivity index (χ2n) is 5.24. The Morgan fingerprint density at radius 1 is 1.00 bits per heavy atom. The maximum Gasteiger partial charge on any atom is 0.223 e. The van der Waals surface area contributed by atoms with Gasteiger partial charge in [-0.3, -0.25) is 4.79 Å².